The highest BCUT2D eigenvalue weighted by Gasteiger charge is 2.29. The number of hydrogen-bond acceptors (Lipinski definition) is 7. The first-order valence-electron chi connectivity index (χ1n) is 11.1. The second-order valence-electron chi connectivity index (χ2n) is 8.28. The maximum Gasteiger partial charge on any atom is 0.230 e. The van der Waals surface area contributed by atoms with Gasteiger partial charge in [-0.05, 0) is 49.1 Å². The highest BCUT2D eigenvalue weighted by molar-refractivity contribution is 5.93. The maximum absolute atomic E-state index is 14.5. The second-order valence-corrected chi connectivity index (χ2v) is 8.28. The molecule has 1 atom stereocenters. The molecule has 2 N–H and O–H groups in total. The summed E-state index contributed by atoms with van der Waals surface area (Å²) in [6, 6.07) is 8.72. The molecule has 0 saturated carbocycles. The molecule has 0 spiro atoms. The topological polar surface area (TPSA) is 103 Å². The third-order valence-corrected chi connectivity index (χ3v) is 6.15. The Bertz CT molecular complexity index is 1400. The molecular weight excluding hydrogens is 439 g/mol. The summed E-state index contributed by atoms with van der Waals surface area (Å²) in [4.78, 5) is 21.8. The highest BCUT2D eigenvalue weighted by atomic mass is 19.1. The van der Waals surface area contributed by atoms with E-state index in [2.05, 4.69) is 25.7 Å². The fraction of sp³-hybridized carbons (Fsp3) is 0.333. The number of amides is 1. The van der Waals surface area contributed by atoms with Crippen LogP contribution in [0.1, 0.15) is 35.7 Å². The quantitative estimate of drug-likeness (QED) is 0.451. The summed E-state index contributed by atoms with van der Waals surface area (Å²) in [6.07, 6.45) is 1.50. The molecule has 2 aromatic carbocycles. The molecular formula is C24H25FN6O3. The number of rotatable bonds is 6. The van der Waals surface area contributed by atoms with E-state index >= 15 is 0 Å². The molecule has 0 aliphatic carbocycles. The zero-order valence-corrected chi connectivity index (χ0v) is 19.2. The van der Waals surface area contributed by atoms with E-state index in [1.54, 1.807) is 11.6 Å². The number of carbonyl (C=O) groups is 1. The van der Waals surface area contributed by atoms with Crippen molar-refractivity contribution in [3.63, 3.8) is 0 Å². The van der Waals surface area contributed by atoms with Crippen molar-refractivity contribution in [2.75, 3.05) is 26.1 Å². The Hall–Kier alpha value is -3.95. The number of fused-ring (bicyclic) bond motifs is 3. The lowest BCUT2D eigenvalue weighted by molar-refractivity contribution is -0.124. The summed E-state index contributed by atoms with van der Waals surface area (Å²) in [5, 5.41) is 11.3. The summed E-state index contributed by atoms with van der Waals surface area (Å²) in [5.41, 5.74) is 3.05. The van der Waals surface area contributed by atoms with Crippen molar-refractivity contribution < 1.29 is 18.7 Å². The first-order chi connectivity index (χ1) is 16.5. The first-order valence-corrected chi connectivity index (χ1v) is 11.1. The van der Waals surface area contributed by atoms with Gasteiger partial charge in [-0.2, -0.15) is 4.52 Å². The van der Waals surface area contributed by atoms with E-state index < -0.39 is 11.7 Å². The minimum absolute atomic E-state index is 0.0905. The SMILES string of the molecule is COc1ccc(CNc2nc3cc(OC)c(F)cc3c3nc(C4CCCNC4=O)nn23)c(C)c1. The smallest absolute Gasteiger partial charge is 0.230 e. The molecule has 1 aliphatic heterocycles. The Labute approximate surface area is 195 Å². The first kappa shape index (κ1) is 21.9. The molecule has 34 heavy (non-hydrogen) atoms. The lowest BCUT2D eigenvalue weighted by atomic mass is 9.98. The molecule has 1 amide bonds. The van der Waals surface area contributed by atoms with Crippen molar-refractivity contribution in [1.82, 2.24) is 24.9 Å². The van der Waals surface area contributed by atoms with Crippen molar-refractivity contribution in [2.24, 2.45) is 0 Å². The van der Waals surface area contributed by atoms with E-state index in [4.69, 9.17) is 9.47 Å². The number of methoxy groups -OCH3 is 2. The summed E-state index contributed by atoms with van der Waals surface area (Å²) in [6.45, 7) is 3.12. The summed E-state index contributed by atoms with van der Waals surface area (Å²) < 4.78 is 26.5. The monoisotopic (exact) mass is 464 g/mol. The van der Waals surface area contributed by atoms with E-state index in [1.807, 2.05) is 25.1 Å². The Morgan fingerprint density at radius 2 is 2.06 bits per heavy atom. The van der Waals surface area contributed by atoms with Gasteiger partial charge in [0.05, 0.1) is 25.7 Å². The number of piperidine rings is 1. The molecule has 5 rings (SSSR count). The van der Waals surface area contributed by atoms with Crippen LogP contribution < -0.4 is 20.1 Å². The van der Waals surface area contributed by atoms with Crippen LogP contribution in [0.15, 0.2) is 30.3 Å². The van der Waals surface area contributed by atoms with Crippen LogP contribution in [-0.2, 0) is 11.3 Å². The lowest BCUT2D eigenvalue weighted by Gasteiger charge is -2.18. The number of hydrogen-bond donors (Lipinski definition) is 2. The fourth-order valence-corrected chi connectivity index (χ4v) is 4.23. The normalized spacial score (nSPS) is 16.0. The van der Waals surface area contributed by atoms with E-state index in [9.17, 15) is 9.18 Å². The van der Waals surface area contributed by atoms with E-state index in [0.717, 1.165) is 23.3 Å². The minimum Gasteiger partial charge on any atom is -0.497 e. The number of nitrogens with zero attached hydrogens (tertiary/aromatic N) is 4. The van der Waals surface area contributed by atoms with E-state index in [1.165, 1.54) is 19.2 Å². The number of anilines is 1. The molecule has 1 aliphatic rings. The van der Waals surface area contributed by atoms with Crippen LogP contribution in [0.4, 0.5) is 10.3 Å². The van der Waals surface area contributed by atoms with Gasteiger partial charge >= 0.3 is 0 Å². The van der Waals surface area contributed by atoms with Gasteiger partial charge in [0.1, 0.15) is 5.75 Å². The molecule has 0 bridgehead atoms. The number of carbonyl (C=O) groups excluding carboxylic acids is 1. The van der Waals surface area contributed by atoms with Gasteiger partial charge in [0, 0.05) is 24.5 Å². The number of benzene rings is 2. The Morgan fingerprint density at radius 1 is 1.21 bits per heavy atom. The number of nitrogens with one attached hydrogen (secondary N) is 2. The minimum atomic E-state index is -0.520. The Balaban J connectivity index is 1.61. The van der Waals surface area contributed by atoms with Crippen molar-refractivity contribution in [3.8, 4) is 11.5 Å². The lowest BCUT2D eigenvalue weighted by Crippen LogP contribution is -2.35. The van der Waals surface area contributed by atoms with Crippen LogP contribution in [0.25, 0.3) is 16.6 Å². The molecule has 9 nitrogen and oxygen atoms in total. The molecule has 4 aromatic rings. The number of halogens is 1. The molecule has 3 heterocycles. The van der Waals surface area contributed by atoms with Gasteiger partial charge in [0.25, 0.3) is 0 Å². The Kier molecular flexibility index (Phi) is 5.64. The highest BCUT2D eigenvalue weighted by Crippen LogP contribution is 2.30. The van der Waals surface area contributed by atoms with Crippen LogP contribution in [0.3, 0.4) is 0 Å². The van der Waals surface area contributed by atoms with Crippen LogP contribution in [0.5, 0.6) is 11.5 Å². The van der Waals surface area contributed by atoms with E-state index in [-0.39, 0.29) is 11.7 Å². The van der Waals surface area contributed by atoms with Crippen molar-refractivity contribution >= 4 is 28.4 Å². The van der Waals surface area contributed by atoms with Crippen molar-refractivity contribution in [3.05, 3.63) is 53.1 Å². The predicted molar refractivity (Wildman–Crippen MR) is 125 cm³/mol. The second kappa shape index (κ2) is 8.77. The molecule has 1 fully saturated rings. The van der Waals surface area contributed by atoms with Crippen LogP contribution >= 0.6 is 0 Å². The molecule has 176 valence electrons. The molecule has 1 unspecified atom stereocenters. The zero-order chi connectivity index (χ0) is 23.8. The third-order valence-electron chi connectivity index (χ3n) is 6.15. The summed E-state index contributed by atoms with van der Waals surface area (Å²) in [7, 11) is 3.04. The molecule has 1 saturated heterocycles. The van der Waals surface area contributed by atoms with Gasteiger partial charge in [-0.25, -0.2) is 14.4 Å². The largest absolute Gasteiger partial charge is 0.497 e. The molecule has 0 radical (unpaired) electrons. The average molecular weight is 465 g/mol. The molecule has 2 aromatic heterocycles. The third kappa shape index (κ3) is 3.85. The number of ether oxygens (including phenoxy) is 2. The summed E-state index contributed by atoms with van der Waals surface area (Å²) in [5.74, 6) is 0.626. The summed E-state index contributed by atoms with van der Waals surface area (Å²) >= 11 is 0. The van der Waals surface area contributed by atoms with Gasteiger partial charge in [0.15, 0.2) is 23.0 Å². The molecule has 10 heteroatoms. The van der Waals surface area contributed by atoms with Gasteiger partial charge < -0.3 is 20.1 Å². The fourth-order valence-electron chi connectivity index (χ4n) is 4.23. The van der Waals surface area contributed by atoms with Crippen molar-refractivity contribution in [2.45, 2.75) is 32.2 Å². The number of aryl methyl sites for hydroxylation is 1. The maximum atomic E-state index is 14.5. The van der Waals surface area contributed by atoms with E-state index in [0.29, 0.717) is 47.8 Å². The number of aromatic nitrogens is 4. The van der Waals surface area contributed by atoms with Crippen molar-refractivity contribution in [1.29, 1.82) is 0 Å². The van der Waals surface area contributed by atoms with Crippen LogP contribution in [0.2, 0.25) is 0 Å². The van der Waals surface area contributed by atoms with Crippen LogP contribution in [-0.4, -0.2) is 46.3 Å². The van der Waals surface area contributed by atoms with Gasteiger partial charge in [-0.1, -0.05) is 6.07 Å². The standard InChI is InChI=1S/C24H25FN6O3/c1-13-9-15(33-2)7-6-14(13)12-27-24-28-19-11-20(34-3)18(25)10-17(19)22-29-21(30-31(22)24)16-5-4-8-26-23(16)32/h6-7,9-11,16H,4-5,8,12H2,1-3H3,(H,26,32)(H,27,28). The average Bonchev–Trinajstić information content (AvgIpc) is 3.29. The Morgan fingerprint density at radius 3 is 2.79 bits per heavy atom. The van der Waals surface area contributed by atoms with Crippen LogP contribution in [0, 0.1) is 12.7 Å². The predicted octanol–water partition coefficient (Wildman–Crippen LogP) is 3.35. The van der Waals surface area contributed by atoms with Gasteiger partial charge in [0.2, 0.25) is 11.9 Å². The zero-order valence-electron chi connectivity index (χ0n) is 19.2. The van der Waals surface area contributed by atoms with Gasteiger partial charge in [-0.15, -0.1) is 5.10 Å². The van der Waals surface area contributed by atoms with Gasteiger partial charge in [-0.3, -0.25) is 4.79 Å².